The largest absolute Gasteiger partial charge is 0.396 e. The van der Waals surface area contributed by atoms with Crippen LogP contribution < -0.4 is 0 Å². The van der Waals surface area contributed by atoms with Gasteiger partial charge >= 0.3 is 0 Å². The van der Waals surface area contributed by atoms with Crippen molar-refractivity contribution >= 4 is 0 Å². The number of aliphatic hydroxyl groups excluding tert-OH is 1. The second-order valence-electron chi connectivity index (χ2n) is 4.28. The van der Waals surface area contributed by atoms with Crippen LogP contribution in [0.1, 0.15) is 58.3 Å². The fourth-order valence-corrected chi connectivity index (χ4v) is 1.60. The van der Waals surface area contributed by atoms with E-state index in [1.54, 1.807) is 0 Å². The summed E-state index contributed by atoms with van der Waals surface area (Å²) in [6.45, 7) is 2.37. The predicted molar refractivity (Wildman–Crippen MR) is 77.1 cm³/mol. The monoisotopic (exact) mass is 236 g/mol. The van der Waals surface area contributed by atoms with Crippen LogP contribution in [0.15, 0.2) is 36.5 Å². The Kier molecular flexibility index (Phi) is 14.4. The number of allylic oxidation sites excluding steroid dienone is 6. The van der Waals surface area contributed by atoms with E-state index in [-0.39, 0.29) is 0 Å². The maximum atomic E-state index is 8.61. The van der Waals surface area contributed by atoms with Gasteiger partial charge in [0.1, 0.15) is 0 Å². The highest BCUT2D eigenvalue weighted by Gasteiger charge is 1.86. The zero-order valence-electron chi connectivity index (χ0n) is 11.3. The van der Waals surface area contributed by atoms with Gasteiger partial charge in [0.15, 0.2) is 0 Å². The molecule has 1 nitrogen and oxygen atoms in total. The second kappa shape index (κ2) is 15.2. The quantitative estimate of drug-likeness (QED) is 0.311. The standard InChI is InChI=1S/C16H28O/c1-2-3-4-5-6-7-8-9-10-11-12-13-14-15-16-17/h2-5,11-12,17H,6-10,13-16H2,1H3/b3-2+,5-4+,12-11+. The predicted octanol–water partition coefficient (Wildman–Crippen LogP) is 4.79. The number of hydrogen-bond donors (Lipinski definition) is 1. The number of hydrogen-bond acceptors (Lipinski definition) is 1. The lowest BCUT2D eigenvalue weighted by Gasteiger charge is -1.95. The maximum absolute atomic E-state index is 8.61. The molecule has 0 aromatic heterocycles. The summed E-state index contributed by atoms with van der Waals surface area (Å²) in [5, 5.41) is 8.61. The Hall–Kier alpha value is -0.820. The molecule has 17 heavy (non-hydrogen) atoms. The summed E-state index contributed by atoms with van der Waals surface area (Å²) < 4.78 is 0. The van der Waals surface area contributed by atoms with Crippen molar-refractivity contribution in [2.75, 3.05) is 6.61 Å². The fraction of sp³-hybridized carbons (Fsp3) is 0.625. The third-order valence-corrected chi connectivity index (χ3v) is 2.63. The molecule has 0 fully saturated rings. The van der Waals surface area contributed by atoms with E-state index in [1.165, 1.54) is 32.1 Å². The Balaban J connectivity index is 3.12. The molecule has 0 heterocycles. The van der Waals surface area contributed by atoms with Gasteiger partial charge in [-0.25, -0.2) is 0 Å². The zero-order valence-corrected chi connectivity index (χ0v) is 11.3. The SMILES string of the molecule is C/C=C/C=C/CCCCC/C=C/CCCCO. The number of unbranched alkanes of at least 4 members (excludes halogenated alkanes) is 6. The maximum Gasteiger partial charge on any atom is 0.0431 e. The first-order chi connectivity index (χ1) is 8.41. The molecule has 0 radical (unpaired) electrons. The van der Waals surface area contributed by atoms with Crippen molar-refractivity contribution in [1.29, 1.82) is 0 Å². The molecule has 0 saturated carbocycles. The van der Waals surface area contributed by atoms with Crippen molar-refractivity contribution in [1.82, 2.24) is 0 Å². The van der Waals surface area contributed by atoms with Crippen molar-refractivity contribution in [3.63, 3.8) is 0 Å². The van der Waals surface area contributed by atoms with E-state index < -0.39 is 0 Å². The summed E-state index contributed by atoms with van der Waals surface area (Å²) in [5.41, 5.74) is 0. The molecule has 0 rings (SSSR count). The lowest BCUT2D eigenvalue weighted by molar-refractivity contribution is 0.285. The first-order valence-corrected chi connectivity index (χ1v) is 6.95. The minimum absolute atomic E-state index is 0.328. The van der Waals surface area contributed by atoms with Gasteiger partial charge in [0.25, 0.3) is 0 Å². The van der Waals surface area contributed by atoms with Crippen LogP contribution in [0.5, 0.6) is 0 Å². The minimum Gasteiger partial charge on any atom is -0.396 e. The molecule has 0 atom stereocenters. The van der Waals surface area contributed by atoms with E-state index in [0.29, 0.717) is 6.61 Å². The molecule has 0 amide bonds. The molecule has 0 aliphatic carbocycles. The Labute approximate surface area is 107 Å². The molecular weight excluding hydrogens is 208 g/mol. The Morgan fingerprint density at radius 2 is 1.29 bits per heavy atom. The number of aliphatic hydroxyl groups is 1. The minimum atomic E-state index is 0.328. The van der Waals surface area contributed by atoms with Crippen molar-refractivity contribution in [2.24, 2.45) is 0 Å². The molecule has 0 aromatic rings. The summed E-state index contributed by atoms with van der Waals surface area (Å²) >= 11 is 0. The van der Waals surface area contributed by atoms with E-state index in [1.807, 2.05) is 6.92 Å². The summed E-state index contributed by atoms with van der Waals surface area (Å²) in [6.07, 6.45) is 22.5. The highest BCUT2D eigenvalue weighted by atomic mass is 16.2. The summed E-state index contributed by atoms with van der Waals surface area (Å²) in [4.78, 5) is 0. The number of rotatable bonds is 11. The van der Waals surface area contributed by atoms with E-state index in [4.69, 9.17) is 5.11 Å². The molecule has 0 aliphatic heterocycles. The summed E-state index contributed by atoms with van der Waals surface area (Å²) in [5.74, 6) is 0. The van der Waals surface area contributed by atoms with Gasteiger partial charge in [-0.15, -0.1) is 0 Å². The van der Waals surface area contributed by atoms with Gasteiger partial charge in [-0.2, -0.15) is 0 Å². The van der Waals surface area contributed by atoms with Gasteiger partial charge in [-0.05, 0) is 51.9 Å². The molecular formula is C16H28O. The van der Waals surface area contributed by atoms with Crippen molar-refractivity contribution < 1.29 is 5.11 Å². The fourth-order valence-electron chi connectivity index (χ4n) is 1.60. The van der Waals surface area contributed by atoms with E-state index >= 15 is 0 Å². The van der Waals surface area contributed by atoms with Gasteiger partial charge in [0.2, 0.25) is 0 Å². The molecule has 98 valence electrons. The third-order valence-electron chi connectivity index (χ3n) is 2.63. The molecule has 0 aromatic carbocycles. The molecule has 0 unspecified atom stereocenters. The lowest BCUT2D eigenvalue weighted by atomic mass is 10.1. The Morgan fingerprint density at radius 3 is 1.88 bits per heavy atom. The van der Waals surface area contributed by atoms with Gasteiger partial charge in [-0.1, -0.05) is 42.9 Å². The molecule has 0 saturated heterocycles. The summed E-state index contributed by atoms with van der Waals surface area (Å²) in [7, 11) is 0. The van der Waals surface area contributed by atoms with Gasteiger partial charge in [0, 0.05) is 6.61 Å². The first-order valence-electron chi connectivity index (χ1n) is 6.95. The van der Waals surface area contributed by atoms with E-state index in [2.05, 4.69) is 36.5 Å². The normalized spacial score (nSPS) is 12.4. The van der Waals surface area contributed by atoms with Crippen LogP contribution in [-0.4, -0.2) is 11.7 Å². The molecule has 0 bridgehead atoms. The highest BCUT2D eigenvalue weighted by Crippen LogP contribution is 2.05. The Bertz CT molecular complexity index is 214. The van der Waals surface area contributed by atoms with Crippen LogP contribution in [-0.2, 0) is 0 Å². The average molecular weight is 236 g/mol. The first kappa shape index (κ1) is 16.2. The van der Waals surface area contributed by atoms with Crippen LogP contribution >= 0.6 is 0 Å². The molecule has 1 N–H and O–H groups in total. The molecule has 0 spiro atoms. The smallest absolute Gasteiger partial charge is 0.0431 e. The van der Waals surface area contributed by atoms with Crippen LogP contribution in [0.3, 0.4) is 0 Å². The Morgan fingerprint density at radius 1 is 0.706 bits per heavy atom. The van der Waals surface area contributed by atoms with Crippen LogP contribution in [0.4, 0.5) is 0 Å². The highest BCUT2D eigenvalue weighted by molar-refractivity contribution is 5.00. The summed E-state index contributed by atoms with van der Waals surface area (Å²) in [6, 6.07) is 0. The van der Waals surface area contributed by atoms with Crippen LogP contribution in [0.2, 0.25) is 0 Å². The van der Waals surface area contributed by atoms with Crippen LogP contribution in [0.25, 0.3) is 0 Å². The third kappa shape index (κ3) is 15.2. The second-order valence-corrected chi connectivity index (χ2v) is 4.28. The molecule has 0 aliphatic rings. The zero-order chi connectivity index (χ0) is 12.6. The van der Waals surface area contributed by atoms with Gasteiger partial charge < -0.3 is 5.11 Å². The topological polar surface area (TPSA) is 20.2 Å². The van der Waals surface area contributed by atoms with Crippen molar-refractivity contribution in [2.45, 2.75) is 58.3 Å². The average Bonchev–Trinajstić information content (AvgIpc) is 2.35. The van der Waals surface area contributed by atoms with Gasteiger partial charge in [0.05, 0.1) is 0 Å². The van der Waals surface area contributed by atoms with Crippen molar-refractivity contribution in [3.05, 3.63) is 36.5 Å². The van der Waals surface area contributed by atoms with Crippen molar-refractivity contribution in [3.8, 4) is 0 Å². The van der Waals surface area contributed by atoms with Gasteiger partial charge in [-0.3, -0.25) is 0 Å². The molecule has 1 heteroatoms. The van der Waals surface area contributed by atoms with E-state index in [9.17, 15) is 0 Å². The van der Waals surface area contributed by atoms with Crippen LogP contribution in [0, 0.1) is 0 Å². The lowest BCUT2D eigenvalue weighted by Crippen LogP contribution is -1.80. The van der Waals surface area contributed by atoms with E-state index in [0.717, 1.165) is 19.3 Å².